The SMILES string of the molecule is Nc1cc2c3c(cccc3c1NC(=O)c1ccc(F)cc1)CC2. The van der Waals surface area contributed by atoms with Crippen LogP contribution in [0, 0.1) is 5.82 Å². The molecule has 0 saturated heterocycles. The Bertz CT molecular complexity index is 932. The van der Waals surface area contributed by atoms with Gasteiger partial charge in [-0.15, -0.1) is 0 Å². The van der Waals surface area contributed by atoms with E-state index in [0.29, 0.717) is 16.9 Å². The molecule has 0 atom stereocenters. The van der Waals surface area contributed by atoms with E-state index in [2.05, 4.69) is 11.4 Å². The molecule has 0 saturated carbocycles. The highest BCUT2D eigenvalue weighted by Gasteiger charge is 2.19. The summed E-state index contributed by atoms with van der Waals surface area (Å²) in [7, 11) is 0. The maximum atomic E-state index is 13.0. The molecule has 0 unspecified atom stereocenters. The van der Waals surface area contributed by atoms with Gasteiger partial charge in [0.15, 0.2) is 0 Å². The molecule has 23 heavy (non-hydrogen) atoms. The molecule has 3 aromatic rings. The van der Waals surface area contributed by atoms with E-state index in [4.69, 9.17) is 5.73 Å². The summed E-state index contributed by atoms with van der Waals surface area (Å²) in [5.41, 5.74) is 10.3. The number of amides is 1. The number of nitrogens with one attached hydrogen (secondary N) is 1. The number of rotatable bonds is 2. The molecule has 1 aliphatic rings. The normalized spacial score (nSPS) is 12.6. The molecule has 0 heterocycles. The largest absolute Gasteiger partial charge is 0.397 e. The summed E-state index contributed by atoms with van der Waals surface area (Å²) >= 11 is 0. The van der Waals surface area contributed by atoms with Crippen molar-refractivity contribution >= 4 is 28.1 Å². The zero-order valence-electron chi connectivity index (χ0n) is 12.4. The van der Waals surface area contributed by atoms with Gasteiger partial charge in [-0.25, -0.2) is 4.39 Å². The number of anilines is 2. The third-order valence-corrected chi connectivity index (χ3v) is 4.37. The molecule has 0 spiro atoms. The first-order valence-electron chi connectivity index (χ1n) is 7.53. The second-order valence-electron chi connectivity index (χ2n) is 5.80. The van der Waals surface area contributed by atoms with Crippen LogP contribution in [-0.2, 0) is 12.8 Å². The van der Waals surface area contributed by atoms with Crippen LogP contribution in [0.25, 0.3) is 10.8 Å². The van der Waals surface area contributed by atoms with Crippen molar-refractivity contribution in [2.75, 3.05) is 11.1 Å². The molecule has 0 fully saturated rings. The van der Waals surface area contributed by atoms with Gasteiger partial charge in [-0.1, -0.05) is 18.2 Å². The Balaban J connectivity index is 1.79. The Morgan fingerprint density at radius 2 is 1.78 bits per heavy atom. The van der Waals surface area contributed by atoms with Crippen LogP contribution in [0.1, 0.15) is 21.5 Å². The summed E-state index contributed by atoms with van der Waals surface area (Å²) in [5, 5.41) is 5.04. The van der Waals surface area contributed by atoms with E-state index in [-0.39, 0.29) is 11.7 Å². The van der Waals surface area contributed by atoms with Crippen molar-refractivity contribution in [1.82, 2.24) is 0 Å². The van der Waals surface area contributed by atoms with Crippen LogP contribution < -0.4 is 11.1 Å². The highest BCUT2D eigenvalue weighted by atomic mass is 19.1. The van der Waals surface area contributed by atoms with Crippen molar-refractivity contribution in [3.8, 4) is 0 Å². The quantitative estimate of drug-likeness (QED) is 0.705. The lowest BCUT2D eigenvalue weighted by molar-refractivity contribution is 0.102. The minimum absolute atomic E-state index is 0.296. The molecule has 0 aliphatic heterocycles. The number of nitrogens with two attached hydrogens (primary N) is 1. The van der Waals surface area contributed by atoms with Gasteiger partial charge in [-0.3, -0.25) is 4.79 Å². The monoisotopic (exact) mass is 306 g/mol. The highest BCUT2D eigenvalue weighted by Crippen LogP contribution is 2.38. The second kappa shape index (κ2) is 5.09. The maximum absolute atomic E-state index is 13.0. The van der Waals surface area contributed by atoms with Crippen LogP contribution in [0.3, 0.4) is 0 Å². The van der Waals surface area contributed by atoms with Crippen LogP contribution >= 0.6 is 0 Å². The van der Waals surface area contributed by atoms with Gasteiger partial charge >= 0.3 is 0 Å². The lowest BCUT2D eigenvalue weighted by Gasteiger charge is -2.13. The Kier molecular flexibility index (Phi) is 3.05. The fraction of sp³-hybridized carbons (Fsp3) is 0.105. The minimum Gasteiger partial charge on any atom is -0.397 e. The van der Waals surface area contributed by atoms with Crippen LogP contribution in [0.2, 0.25) is 0 Å². The van der Waals surface area contributed by atoms with Gasteiger partial charge in [0.1, 0.15) is 5.82 Å². The molecule has 0 aromatic heterocycles. The molecule has 0 radical (unpaired) electrons. The number of carbonyl (C=O) groups excluding carboxylic acids is 1. The van der Waals surface area contributed by atoms with Gasteiger partial charge in [-0.05, 0) is 59.7 Å². The number of carbonyl (C=O) groups is 1. The first-order chi connectivity index (χ1) is 11.1. The predicted molar refractivity (Wildman–Crippen MR) is 90.1 cm³/mol. The molecule has 4 rings (SSSR count). The van der Waals surface area contributed by atoms with Gasteiger partial charge in [0.2, 0.25) is 0 Å². The Morgan fingerprint density at radius 1 is 1.04 bits per heavy atom. The van der Waals surface area contributed by atoms with E-state index < -0.39 is 0 Å². The molecular formula is C19H15FN2O. The zero-order valence-corrected chi connectivity index (χ0v) is 12.4. The average Bonchev–Trinajstić information content (AvgIpc) is 2.96. The number of nitrogen functional groups attached to an aromatic ring is 1. The van der Waals surface area contributed by atoms with Gasteiger partial charge < -0.3 is 11.1 Å². The molecule has 1 amide bonds. The number of benzene rings is 3. The van der Waals surface area contributed by atoms with Gasteiger partial charge in [-0.2, -0.15) is 0 Å². The molecule has 0 bridgehead atoms. The number of halogens is 1. The van der Waals surface area contributed by atoms with E-state index in [1.54, 1.807) is 0 Å². The van der Waals surface area contributed by atoms with Crippen LogP contribution in [0.5, 0.6) is 0 Å². The zero-order chi connectivity index (χ0) is 16.0. The second-order valence-corrected chi connectivity index (χ2v) is 5.80. The van der Waals surface area contributed by atoms with Crippen molar-refractivity contribution in [2.45, 2.75) is 12.8 Å². The Morgan fingerprint density at radius 3 is 2.57 bits per heavy atom. The summed E-state index contributed by atoms with van der Waals surface area (Å²) < 4.78 is 13.0. The van der Waals surface area contributed by atoms with Crippen molar-refractivity contribution in [1.29, 1.82) is 0 Å². The molecular weight excluding hydrogens is 291 g/mol. The first kappa shape index (κ1) is 13.8. The first-order valence-corrected chi connectivity index (χ1v) is 7.53. The molecule has 1 aliphatic carbocycles. The number of hydrogen-bond acceptors (Lipinski definition) is 2. The Labute approximate surface area is 132 Å². The van der Waals surface area contributed by atoms with Gasteiger partial charge in [0.25, 0.3) is 5.91 Å². The van der Waals surface area contributed by atoms with Crippen LogP contribution in [-0.4, -0.2) is 5.91 Å². The highest BCUT2D eigenvalue weighted by molar-refractivity contribution is 6.13. The fourth-order valence-corrected chi connectivity index (χ4v) is 3.28. The summed E-state index contributed by atoms with van der Waals surface area (Å²) in [6.45, 7) is 0. The van der Waals surface area contributed by atoms with Crippen LogP contribution in [0.4, 0.5) is 15.8 Å². The molecule has 3 N–H and O–H groups in total. The van der Waals surface area contributed by atoms with Crippen molar-refractivity contribution in [2.24, 2.45) is 0 Å². The molecule has 114 valence electrons. The maximum Gasteiger partial charge on any atom is 0.255 e. The third kappa shape index (κ3) is 2.23. The topological polar surface area (TPSA) is 55.1 Å². The lowest BCUT2D eigenvalue weighted by Crippen LogP contribution is -2.13. The average molecular weight is 306 g/mol. The summed E-state index contributed by atoms with van der Waals surface area (Å²) in [6.07, 6.45) is 1.98. The van der Waals surface area contributed by atoms with Gasteiger partial charge in [0, 0.05) is 10.9 Å². The van der Waals surface area contributed by atoms with E-state index >= 15 is 0 Å². The number of aryl methyl sites for hydroxylation is 2. The van der Waals surface area contributed by atoms with E-state index in [0.717, 1.165) is 18.2 Å². The summed E-state index contributed by atoms with van der Waals surface area (Å²) in [5.74, 6) is -0.665. The van der Waals surface area contributed by atoms with Crippen molar-refractivity contribution in [3.63, 3.8) is 0 Å². The summed E-state index contributed by atoms with van der Waals surface area (Å²) in [4.78, 5) is 12.4. The van der Waals surface area contributed by atoms with Crippen molar-refractivity contribution in [3.05, 3.63) is 71.0 Å². The lowest BCUT2D eigenvalue weighted by atomic mass is 10.0. The minimum atomic E-state index is -0.369. The summed E-state index contributed by atoms with van der Waals surface area (Å²) in [6, 6.07) is 13.5. The molecule has 3 aromatic carbocycles. The predicted octanol–water partition coefficient (Wildman–Crippen LogP) is 3.91. The molecule has 3 nitrogen and oxygen atoms in total. The smallest absolute Gasteiger partial charge is 0.255 e. The van der Waals surface area contributed by atoms with E-state index in [9.17, 15) is 9.18 Å². The van der Waals surface area contributed by atoms with E-state index in [1.807, 2.05) is 18.2 Å². The van der Waals surface area contributed by atoms with E-state index in [1.165, 1.54) is 40.8 Å². The van der Waals surface area contributed by atoms with Gasteiger partial charge in [0.05, 0.1) is 11.4 Å². The number of hydrogen-bond donors (Lipinski definition) is 2. The molecule has 4 heteroatoms. The van der Waals surface area contributed by atoms with Crippen molar-refractivity contribution < 1.29 is 9.18 Å². The Hall–Kier alpha value is -2.88. The third-order valence-electron chi connectivity index (χ3n) is 4.37. The standard InChI is InChI=1S/C19H15FN2O/c20-14-8-6-12(7-9-14)19(23)22-18-15-3-1-2-11-4-5-13(17(11)15)10-16(18)21/h1-3,6-10H,4-5,21H2,(H,22,23). The van der Waals surface area contributed by atoms with Crippen LogP contribution in [0.15, 0.2) is 48.5 Å². The fourth-order valence-electron chi connectivity index (χ4n) is 3.28.